The molecule has 1 fully saturated rings. The molecular weight excluding hydrogens is 468 g/mol. The molecule has 3 aromatic carbocycles. The fraction of sp³-hybridized carbons (Fsp3) is 0.387. The second-order valence-electron chi connectivity index (χ2n) is 10.2. The highest BCUT2D eigenvalue weighted by Gasteiger charge is 2.33. The van der Waals surface area contributed by atoms with Crippen LogP contribution >= 0.6 is 0 Å². The van der Waals surface area contributed by atoms with Gasteiger partial charge in [-0.3, -0.25) is 9.80 Å². The zero-order valence-electron chi connectivity index (χ0n) is 21.7. The van der Waals surface area contributed by atoms with Gasteiger partial charge in [0.1, 0.15) is 17.9 Å². The minimum absolute atomic E-state index is 0.0666. The maximum atomic E-state index is 13.7. The summed E-state index contributed by atoms with van der Waals surface area (Å²) in [5.74, 6) is 0.0115. The quantitative estimate of drug-likeness (QED) is 0.343. The molecule has 3 aromatic rings. The van der Waals surface area contributed by atoms with Gasteiger partial charge in [0.25, 0.3) is 0 Å². The van der Waals surface area contributed by atoms with Gasteiger partial charge in [0, 0.05) is 26.2 Å². The molecule has 1 N–H and O–H groups in total. The number of hydrogen-bond donors (Lipinski definition) is 1. The number of rotatable bonds is 11. The summed E-state index contributed by atoms with van der Waals surface area (Å²) in [6.45, 7) is 8.24. The van der Waals surface area contributed by atoms with Gasteiger partial charge in [-0.15, -0.1) is 0 Å². The Morgan fingerprint density at radius 3 is 1.76 bits per heavy atom. The van der Waals surface area contributed by atoms with Crippen LogP contribution in [0.1, 0.15) is 49.0 Å². The van der Waals surface area contributed by atoms with E-state index in [1.165, 1.54) is 24.3 Å². The Hall–Kier alpha value is -2.93. The molecular formula is C31H37F2N3O. The molecule has 37 heavy (non-hydrogen) atoms. The Morgan fingerprint density at radius 1 is 0.757 bits per heavy atom. The summed E-state index contributed by atoms with van der Waals surface area (Å²) >= 11 is 0. The number of halogens is 2. The smallest absolute Gasteiger partial charge is 0.138 e. The van der Waals surface area contributed by atoms with Crippen LogP contribution in [0.2, 0.25) is 0 Å². The number of piperazine rings is 1. The summed E-state index contributed by atoms with van der Waals surface area (Å²) in [6.07, 6.45) is 2.06. The highest BCUT2D eigenvalue weighted by molar-refractivity contribution is 5.60. The van der Waals surface area contributed by atoms with Crippen LogP contribution in [0, 0.1) is 17.6 Å². The Kier molecular flexibility index (Phi) is 9.56. The molecule has 0 spiro atoms. The zero-order valence-corrected chi connectivity index (χ0v) is 21.7. The first-order valence-electron chi connectivity index (χ1n) is 13.2. The summed E-state index contributed by atoms with van der Waals surface area (Å²) in [5.41, 5.74) is 3.07. The van der Waals surface area contributed by atoms with Crippen molar-refractivity contribution in [1.82, 2.24) is 15.1 Å². The maximum absolute atomic E-state index is 13.7. The maximum Gasteiger partial charge on any atom is 0.138 e. The third-order valence-electron chi connectivity index (χ3n) is 7.21. The molecule has 1 aliphatic heterocycles. The minimum atomic E-state index is -0.308. The summed E-state index contributed by atoms with van der Waals surface area (Å²) < 4.78 is 27.4. The number of benzene rings is 3. The molecule has 196 valence electrons. The van der Waals surface area contributed by atoms with E-state index in [-0.39, 0.29) is 29.8 Å². The van der Waals surface area contributed by atoms with Crippen molar-refractivity contribution in [3.8, 4) is 0 Å². The van der Waals surface area contributed by atoms with Gasteiger partial charge in [-0.2, -0.15) is 0 Å². The Balaban J connectivity index is 1.55. The number of carbonyl (C=O) groups is 1. The van der Waals surface area contributed by atoms with Crippen LogP contribution in [0.25, 0.3) is 0 Å². The van der Waals surface area contributed by atoms with Crippen molar-refractivity contribution in [3.63, 3.8) is 0 Å². The molecule has 2 unspecified atom stereocenters. The fourth-order valence-corrected chi connectivity index (χ4v) is 5.25. The van der Waals surface area contributed by atoms with E-state index in [4.69, 9.17) is 0 Å². The lowest BCUT2D eigenvalue weighted by Crippen LogP contribution is -2.53. The van der Waals surface area contributed by atoms with Crippen molar-refractivity contribution in [2.75, 3.05) is 32.7 Å². The average Bonchev–Trinajstić information content (AvgIpc) is 2.91. The Labute approximate surface area is 219 Å². The van der Waals surface area contributed by atoms with E-state index < -0.39 is 0 Å². The number of nitrogens with zero attached hydrogens (tertiary/aromatic N) is 2. The lowest BCUT2D eigenvalue weighted by molar-refractivity contribution is -0.111. The first kappa shape index (κ1) is 27.1. The third-order valence-corrected chi connectivity index (χ3v) is 7.21. The third kappa shape index (κ3) is 7.10. The predicted molar refractivity (Wildman–Crippen MR) is 144 cm³/mol. The van der Waals surface area contributed by atoms with Gasteiger partial charge in [-0.25, -0.2) is 8.78 Å². The number of nitrogens with one attached hydrogen (secondary N) is 1. The lowest BCUT2D eigenvalue weighted by atomic mass is 9.94. The molecule has 0 bridgehead atoms. The molecule has 0 amide bonds. The van der Waals surface area contributed by atoms with Gasteiger partial charge in [-0.05, 0) is 59.8 Å². The lowest BCUT2D eigenvalue weighted by Gasteiger charge is -2.44. The van der Waals surface area contributed by atoms with E-state index in [1.807, 2.05) is 42.5 Å². The number of aldehydes is 1. The highest BCUT2D eigenvalue weighted by atomic mass is 19.1. The summed E-state index contributed by atoms with van der Waals surface area (Å²) in [6, 6.07) is 22.9. The first-order valence-corrected chi connectivity index (χ1v) is 13.2. The monoisotopic (exact) mass is 505 g/mol. The summed E-state index contributed by atoms with van der Waals surface area (Å²) in [4.78, 5) is 17.0. The molecule has 1 heterocycles. The zero-order chi connectivity index (χ0) is 26.2. The molecule has 1 saturated heterocycles. The summed E-state index contributed by atoms with van der Waals surface area (Å²) in [7, 11) is 0. The Bertz CT molecular complexity index is 1050. The van der Waals surface area contributed by atoms with Gasteiger partial charge in [0.05, 0.1) is 18.1 Å². The van der Waals surface area contributed by atoms with Crippen LogP contribution in [-0.4, -0.2) is 54.9 Å². The molecule has 6 heteroatoms. The second kappa shape index (κ2) is 13.0. The molecule has 0 saturated carbocycles. The van der Waals surface area contributed by atoms with Crippen LogP contribution in [-0.2, 0) is 4.79 Å². The topological polar surface area (TPSA) is 35.6 Å². The minimum Gasteiger partial charge on any atom is -0.306 e. The van der Waals surface area contributed by atoms with Gasteiger partial charge in [0.2, 0.25) is 0 Å². The van der Waals surface area contributed by atoms with Crippen molar-refractivity contribution in [1.29, 1.82) is 0 Å². The molecule has 1 aliphatic rings. The number of hydrogen-bond acceptors (Lipinski definition) is 4. The van der Waals surface area contributed by atoms with Crippen molar-refractivity contribution in [3.05, 3.63) is 107 Å². The van der Waals surface area contributed by atoms with Gasteiger partial charge in [-0.1, -0.05) is 68.4 Å². The van der Waals surface area contributed by atoms with E-state index in [0.29, 0.717) is 5.92 Å². The van der Waals surface area contributed by atoms with Crippen LogP contribution in [0.5, 0.6) is 0 Å². The average molecular weight is 506 g/mol. The molecule has 0 aromatic heterocycles. The van der Waals surface area contributed by atoms with E-state index in [2.05, 4.69) is 41.1 Å². The van der Waals surface area contributed by atoms with Crippen molar-refractivity contribution in [2.45, 2.75) is 38.4 Å². The van der Waals surface area contributed by atoms with E-state index in [0.717, 1.165) is 62.1 Å². The van der Waals surface area contributed by atoms with Crippen LogP contribution in [0.3, 0.4) is 0 Å². The van der Waals surface area contributed by atoms with Crippen LogP contribution in [0.4, 0.5) is 8.78 Å². The van der Waals surface area contributed by atoms with Crippen LogP contribution in [0.15, 0.2) is 78.9 Å². The number of carbonyl (C=O) groups excluding carboxylic acids is 1. The van der Waals surface area contributed by atoms with Crippen molar-refractivity contribution in [2.24, 2.45) is 5.92 Å². The molecule has 4 nitrogen and oxygen atoms in total. The molecule has 0 radical (unpaired) electrons. The largest absolute Gasteiger partial charge is 0.306 e. The van der Waals surface area contributed by atoms with Crippen molar-refractivity contribution >= 4 is 6.29 Å². The Morgan fingerprint density at radius 2 is 1.27 bits per heavy atom. The fourth-order valence-electron chi connectivity index (χ4n) is 5.25. The normalized spacial score (nSPS) is 16.7. The standard InChI is InChI=1S/C31H37F2N3O/c1-23(2)16-17-34-29(22-37)31(24-6-4-3-5-7-24)36-20-18-35(19-21-36)30(25-8-12-27(32)13-9-25)26-10-14-28(33)15-11-26/h3-15,22-23,29-31,34H,16-21H2,1-2H3. The van der Waals surface area contributed by atoms with E-state index in [1.54, 1.807) is 0 Å². The van der Waals surface area contributed by atoms with Gasteiger partial charge >= 0.3 is 0 Å². The van der Waals surface area contributed by atoms with Gasteiger partial charge in [0.15, 0.2) is 0 Å². The first-order chi connectivity index (χ1) is 18.0. The predicted octanol–water partition coefficient (Wildman–Crippen LogP) is 5.62. The van der Waals surface area contributed by atoms with E-state index >= 15 is 0 Å². The second-order valence-corrected chi connectivity index (χ2v) is 10.2. The molecule has 4 rings (SSSR count). The highest BCUT2D eigenvalue weighted by Crippen LogP contribution is 2.32. The van der Waals surface area contributed by atoms with E-state index in [9.17, 15) is 13.6 Å². The molecule has 0 aliphatic carbocycles. The summed E-state index contributed by atoms with van der Waals surface area (Å²) in [5, 5.41) is 3.50. The SMILES string of the molecule is CC(C)CCNC(C=O)C(c1ccccc1)N1CCN(C(c2ccc(F)cc2)c2ccc(F)cc2)CC1. The molecule has 2 atom stereocenters. The van der Waals surface area contributed by atoms with Crippen LogP contribution < -0.4 is 5.32 Å². The van der Waals surface area contributed by atoms with Crippen molar-refractivity contribution < 1.29 is 13.6 Å². The van der Waals surface area contributed by atoms with Gasteiger partial charge < -0.3 is 10.1 Å².